The van der Waals surface area contributed by atoms with Gasteiger partial charge in [-0.15, -0.1) is 0 Å². The van der Waals surface area contributed by atoms with Gasteiger partial charge in [0.05, 0.1) is 0 Å². The predicted octanol–water partition coefficient (Wildman–Crippen LogP) is 2.54. The lowest BCUT2D eigenvalue weighted by Gasteiger charge is -2.32. The molecule has 2 rings (SSSR count). The van der Waals surface area contributed by atoms with Crippen LogP contribution in [0, 0.1) is 5.82 Å². The highest BCUT2D eigenvalue weighted by Crippen LogP contribution is 2.36. The van der Waals surface area contributed by atoms with Gasteiger partial charge in [0.2, 0.25) is 0 Å². The van der Waals surface area contributed by atoms with E-state index in [1.807, 2.05) is 0 Å². The van der Waals surface area contributed by atoms with E-state index in [9.17, 15) is 9.50 Å². The van der Waals surface area contributed by atoms with Crippen molar-refractivity contribution in [2.24, 2.45) is 0 Å². The Balaban J connectivity index is 2.32. The molecule has 0 spiro atoms. The minimum atomic E-state index is -0.950. The molecule has 1 atom stereocenters. The normalized spacial score (nSPS) is 27.6. The van der Waals surface area contributed by atoms with Gasteiger partial charge >= 0.3 is 0 Å². The highest BCUT2D eigenvalue weighted by Gasteiger charge is 2.33. The van der Waals surface area contributed by atoms with Crippen molar-refractivity contribution in [2.45, 2.75) is 18.4 Å². The van der Waals surface area contributed by atoms with Crippen LogP contribution in [0.5, 0.6) is 0 Å². The Hall–Kier alpha value is -0.540. The first-order chi connectivity index (χ1) is 6.72. The predicted molar refractivity (Wildman–Crippen MR) is 56.9 cm³/mol. The fraction of sp³-hybridized carbons (Fsp3) is 0.455. The Bertz CT molecular complexity index is 321. The van der Waals surface area contributed by atoms with Crippen LogP contribution in [0.2, 0.25) is 0 Å². The smallest absolute Gasteiger partial charge is 0.129 e. The molecule has 1 aliphatic heterocycles. The zero-order valence-electron chi connectivity index (χ0n) is 7.87. The summed E-state index contributed by atoms with van der Waals surface area (Å²) in [4.78, 5) is 0. The van der Waals surface area contributed by atoms with Crippen molar-refractivity contribution in [1.82, 2.24) is 0 Å². The minimum absolute atomic E-state index is 0.294. The van der Waals surface area contributed by atoms with Crippen molar-refractivity contribution >= 4 is 11.8 Å². The molecular formula is C11H13FOS. The number of thioether (sulfide) groups is 1. The first-order valence-electron chi connectivity index (χ1n) is 4.77. The van der Waals surface area contributed by atoms with Crippen molar-refractivity contribution in [3.05, 3.63) is 35.6 Å². The van der Waals surface area contributed by atoms with Crippen LogP contribution in [0.1, 0.15) is 18.4 Å². The van der Waals surface area contributed by atoms with Crippen LogP contribution in [-0.2, 0) is 5.60 Å². The van der Waals surface area contributed by atoms with Gasteiger partial charge in [0.1, 0.15) is 11.4 Å². The summed E-state index contributed by atoms with van der Waals surface area (Å²) in [5, 5.41) is 10.3. The molecule has 1 fully saturated rings. The van der Waals surface area contributed by atoms with Crippen LogP contribution in [0.3, 0.4) is 0 Å². The summed E-state index contributed by atoms with van der Waals surface area (Å²) in [7, 11) is 0. The highest BCUT2D eigenvalue weighted by atomic mass is 32.2. The van der Waals surface area contributed by atoms with Crippen LogP contribution in [0.15, 0.2) is 24.3 Å². The van der Waals surface area contributed by atoms with Crippen LogP contribution < -0.4 is 0 Å². The molecule has 1 aromatic rings. The van der Waals surface area contributed by atoms with E-state index in [1.165, 1.54) is 6.07 Å². The van der Waals surface area contributed by atoms with E-state index in [4.69, 9.17) is 0 Å². The molecule has 76 valence electrons. The first kappa shape index (κ1) is 9.99. The van der Waals surface area contributed by atoms with E-state index in [2.05, 4.69) is 0 Å². The summed E-state index contributed by atoms with van der Waals surface area (Å²) in [5.74, 6) is 1.38. The number of benzene rings is 1. The maximum absolute atomic E-state index is 13.5. The Kier molecular flexibility index (Phi) is 2.79. The quantitative estimate of drug-likeness (QED) is 0.772. The third kappa shape index (κ3) is 1.79. The van der Waals surface area contributed by atoms with Crippen molar-refractivity contribution < 1.29 is 9.50 Å². The van der Waals surface area contributed by atoms with Gasteiger partial charge in [-0.3, -0.25) is 0 Å². The summed E-state index contributed by atoms with van der Waals surface area (Å²) in [6, 6.07) is 6.52. The SMILES string of the molecule is O[C@]1(c2ccccc2F)CCCSC1. The van der Waals surface area contributed by atoms with Gasteiger partial charge in [-0.05, 0) is 24.7 Å². The highest BCUT2D eigenvalue weighted by molar-refractivity contribution is 7.99. The standard InChI is InChI=1S/C11H13FOS/c12-10-5-2-1-4-9(10)11(13)6-3-7-14-8-11/h1-2,4-5,13H,3,6-8H2/t11-/m1/s1. The molecule has 3 heteroatoms. The lowest BCUT2D eigenvalue weighted by atomic mass is 9.90. The van der Waals surface area contributed by atoms with Crippen LogP contribution >= 0.6 is 11.8 Å². The first-order valence-corrected chi connectivity index (χ1v) is 5.93. The lowest BCUT2D eigenvalue weighted by Crippen LogP contribution is -2.32. The molecule has 0 unspecified atom stereocenters. The fourth-order valence-electron chi connectivity index (χ4n) is 1.83. The van der Waals surface area contributed by atoms with Gasteiger partial charge in [0, 0.05) is 11.3 Å². The van der Waals surface area contributed by atoms with Crippen molar-refractivity contribution in [2.75, 3.05) is 11.5 Å². The molecule has 1 heterocycles. The molecule has 0 bridgehead atoms. The molecular weight excluding hydrogens is 199 g/mol. The Morgan fingerprint density at radius 3 is 2.79 bits per heavy atom. The summed E-state index contributed by atoms with van der Waals surface area (Å²) >= 11 is 1.69. The van der Waals surface area contributed by atoms with E-state index >= 15 is 0 Å². The van der Waals surface area contributed by atoms with Crippen LogP contribution in [0.25, 0.3) is 0 Å². The molecule has 14 heavy (non-hydrogen) atoms. The number of hydrogen-bond acceptors (Lipinski definition) is 2. The molecule has 1 nitrogen and oxygen atoms in total. The topological polar surface area (TPSA) is 20.2 Å². The van der Waals surface area contributed by atoms with Crippen molar-refractivity contribution in [3.8, 4) is 0 Å². The van der Waals surface area contributed by atoms with Gasteiger partial charge in [-0.2, -0.15) is 11.8 Å². The van der Waals surface area contributed by atoms with E-state index in [0.717, 1.165) is 12.2 Å². The van der Waals surface area contributed by atoms with Gasteiger partial charge in [-0.25, -0.2) is 4.39 Å². The summed E-state index contributed by atoms with van der Waals surface area (Å²) in [5.41, 5.74) is -0.499. The molecule has 0 aliphatic carbocycles. The second-order valence-electron chi connectivity index (χ2n) is 3.67. The monoisotopic (exact) mass is 212 g/mol. The maximum Gasteiger partial charge on any atom is 0.129 e. The second kappa shape index (κ2) is 3.91. The molecule has 0 radical (unpaired) electrons. The average Bonchev–Trinajstić information content (AvgIpc) is 2.19. The Morgan fingerprint density at radius 1 is 1.36 bits per heavy atom. The molecule has 1 aliphatic rings. The van der Waals surface area contributed by atoms with Crippen molar-refractivity contribution in [3.63, 3.8) is 0 Å². The Morgan fingerprint density at radius 2 is 2.14 bits per heavy atom. The zero-order chi connectivity index (χ0) is 10.0. The second-order valence-corrected chi connectivity index (χ2v) is 4.77. The molecule has 1 saturated heterocycles. The average molecular weight is 212 g/mol. The van der Waals surface area contributed by atoms with E-state index < -0.39 is 5.60 Å². The summed E-state index contributed by atoms with van der Waals surface area (Å²) < 4.78 is 13.5. The fourth-order valence-corrected chi connectivity index (χ4v) is 2.96. The van der Waals surface area contributed by atoms with Crippen molar-refractivity contribution in [1.29, 1.82) is 0 Å². The molecule has 0 saturated carbocycles. The minimum Gasteiger partial charge on any atom is -0.384 e. The van der Waals surface area contributed by atoms with Gasteiger partial charge in [0.25, 0.3) is 0 Å². The van der Waals surface area contributed by atoms with Crippen LogP contribution in [-0.4, -0.2) is 16.6 Å². The number of aliphatic hydroxyl groups is 1. The Labute approximate surface area is 87.3 Å². The van der Waals surface area contributed by atoms with E-state index in [-0.39, 0.29) is 5.82 Å². The lowest BCUT2D eigenvalue weighted by molar-refractivity contribution is 0.0458. The molecule has 0 aromatic heterocycles. The number of rotatable bonds is 1. The molecule has 0 amide bonds. The van der Waals surface area contributed by atoms with Gasteiger partial charge in [-0.1, -0.05) is 18.2 Å². The van der Waals surface area contributed by atoms with Gasteiger partial charge < -0.3 is 5.11 Å². The molecule has 1 aromatic carbocycles. The summed E-state index contributed by atoms with van der Waals surface area (Å²) in [6.45, 7) is 0. The van der Waals surface area contributed by atoms with Gasteiger partial charge in [0.15, 0.2) is 0 Å². The summed E-state index contributed by atoms with van der Waals surface area (Å²) in [6.07, 6.45) is 1.62. The van der Waals surface area contributed by atoms with E-state index in [0.29, 0.717) is 17.7 Å². The third-order valence-electron chi connectivity index (χ3n) is 2.60. The zero-order valence-corrected chi connectivity index (χ0v) is 8.69. The molecule has 1 N–H and O–H groups in total. The third-order valence-corrected chi connectivity index (χ3v) is 3.85. The maximum atomic E-state index is 13.5. The number of hydrogen-bond donors (Lipinski definition) is 1. The largest absolute Gasteiger partial charge is 0.384 e. The van der Waals surface area contributed by atoms with E-state index in [1.54, 1.807) is 30.0 Å². The number of halogens is 1. The van der Waals surface area contributed by atoms with Crippen LogP contribution in [0.4, 0.5) is 4.39 Å².